The summed E-state index contributed by atoms with van der Waals surface area (Å²) in [6.07, 6.45) is -0.163. The van der Waals surface area contributed by atoms with Crippen LogP contribution in [-0.4, -0.2) is 38.3 Å². The Morgan fingerprint density at radius 1 is 1.09 bits per heavy atom. The third-order valence-corrected chi connectivity index (χ3v) is 2.86. The van der Waals surface area contributed by atoms with E-state index < -0.39 is 6.09 Å². The Hall–Kier alpha value is -2.24. The molecule has 0 atom stereocenters. The zero-order valence-corrected chi connectivity index (χ0v) is 14.1. The monoisotopic (exact) mass is 322 g/mol. The highest BCUT2D eigenvalue weighted by Crippen LogP contribution is 2.12. The Balaban J connectivity index is 2.18. The minimum Gasteiger partial charge on any atom is -0.494 e. The first-order valence-corrected chi connectivity index (χ1v) is 7.90. The van der Waals surface area contributed by atoms with Crippen molar-refractivity contribution in [2.24, 2.45) is 5.92 Å². The lowest BCUT2D eigenvalue weighted by atomic mass is 10.1. The molecule has 1 aromatic carbocycles. The number of benzene rings is 1. The Bertz CT molecular complexity index is 486. The molecule has 0 heterocycles. The summed E-state index contributed by atoms with van der Waals surface area (Å²) in [5.74, 6) is 1.00. The Morgan fingerprint density at radius 3 is 2.35 bits per heavy atom. The van der Waals surface area contributed by atoms with E-state index in [-0.39, 0.29) is 5.91 Å². The van der Waals surface area contributed by atoms with Gasteiger partial charge in [-0.25, -0.2) is 4.79 Å². The van der Waals surface area contributed by atoms with Crippen molar-refractivity contribution in [1.82, 2.24) is 10.6 Å². The lowest BCUT2D eigenvalue weighted by molar-refractivity contribution is -0.120. The van der Waals surface area contributed by atoms with Crippen molar-refractivity contribution in [2.45, 2.75) is 27.2 Å². The van der Waals surface area contributed by atoms with E-state index >= 15 is 0 Å². The third-order valence-electron chi connectivity index (χ3n) is 2.86. The molecule has 128 valence electrons. The van der Waals surface area contributed by atoms with Crippen molar-refractivity contribution in [1.29, 1.82) is 0 Å². The number of amides is 2. The first-order chi connectivity index (χ1) is 11.0. The maximum Gasteiger partial charge on any atom is 0.407 e. The number of rotatable bonds is 9. The van der Waals surface area contributed by atoms with Gasteiger partial charge in [-0.05, 0) is 30.5 Å². The van der Waals surface area contributed by atoms with Crippen LogP contribution in [0.5, 0.6) is 5.75 Å². The fourth-order valence-electron chi connectivity index (χ4n) is 1.78. The van der Waals surface area contributed by atoms with Gasteiger partial charge in [0.05, 0.1) is 19.6 Å². The molecule has 2 amide bonds. The molecule has 0 saturated heterocycles. The summed E-state index contributed by atoms with van der Waals surface area (Å²) < 4.78 is 10.3. The van der Waals surface area contributed by atoms with Gasteiger partial charge in [0.15, 0.2) is 0 Å². The summed E-state index contributed by atoms with van der Waals surface area (Å²) >= 11 is 0. The standard InChI is InChI=1S/C17H26N2O4/c1-4-22-15-7-5-14(6-8-15)11-16(20)18-9-10-19-17(21)23-12-13(2)3/h5-8,13H,4,9-12H2,1-3H3,(H,18,20)(H,19,21). The summed E-state index contributed by atoms with van der Waals surface area (Å²) in [6, 6.07) is 7.43. The normalized spacial score (nSPS) is 10.3. The van der Waals surface area contributed by atoms with Crippen LogP contribution in [0.3, 0.4) is 0 Å². The number of carbonyl (C=O) groups excluding carboxylic acids is 2. The van der Waals surface area contributed by atoms with E-state index in [0.717, 1.165) is 11.3 Å². The van der Waals surface area contributed by atoms with Crippen molar-refractivity contribution in [3.63, 3.8) is 0 Å². The molecular weight excluding hydrogens is 296 g/mol. The lowest BCUT2D eigenvalue weighted by Gasteiger charge is -2.09. The van der Waals surface area contributed by atoms with Crippen LogP contribution in [0.2, 0.25) is 0 Å². The minimum atomic E-state index is -0.459. The molecule has 1 rings (SSSR count). The van der Waals surface area contributed by atoms with E-state index in [1.54, 1.807) is 0 Å². The second-order valence-electron chi connectivity index (χ2n) is 5.52. The highest BCUT2D eigenvalue weighted by molar-refractivity contribution is 5.78. The van der Waals surface area contributed by atoms with Crippen LogP contribution >= 0.6 is 0 Å². The molecule has 0 aliphatic heterocycles. The summed E-state index contributed by atoms with van der Waals surface area (Å²) in [7, 11) is 0. The quantitative estimate of drug-likeness (QED) is 0.683. The number of alkyl carbamates (subject to hydrolysis) is 1. The molecule has 6 nitrogen and oxygen atoms in total. The minimum absolute atomic E-state index is 0.0912. The molecule has 0 spiro atoms. The van der Waals surface area contributed by atoms with Gasteiger partial charge in [0.25, 0.3) is 0 Å². The average molecular weight is 322 g/mol. The van der Waals surface area contributed by atoms with E-state index in [9.17, 15) is 9.59 Å². The molecule has 6 heteroatoms. The largest absolute Gasteiger partial charge is 0.494 e. The number of ether oxygens (including phenoxy) is 2. The smallest absolute Gasteiger partial charge is 0.407 e. The molecule has 1 aromatic rings. The van der Waals surface area contributed by atoms with Crippen LogP contribution in [0.1, 0.15) is 26.3 Å². The van der Waals surface area contributed by atoms with Gasteiger partial charge in [-0.1, -0.05) is 26.0 Å². The second-order valence-corrected chi connectivity index (χ2v) is 5.52. The summed E-state index contributed by atoms with van der Waals surface area (Å²) in [6.45, 7) is 7.57. The van der Waals surface area contributed by atoms with Gasteiger partial charge in [0.1, 0.15) is 5.75 Å². The fraction of sp³-hybridized carbons (Fsp3) is 0.529. The molecule has 0 fully saturated rings. The molecule has 0 saturated carbocycles. The molecule has 0 unspecified atom stereocenters. The van der Waals surface area contributed by atoms with Crippen LogP contribution in [0, 0.1) is 5.92 Å². The van der Waals surface area contributed by atoms with E-state index in [1.165, 1.54) is 0 Å². The zero-order valence-electron chi connectivity index (χ0n) is 14.1. The maximum absolute atomic E-state index is 11.8. The average Bonchev–Trinajstić information content (AvgIpc) is 2.52. The van der Waals surface area contributed by atoms with Gasteiger partial charge >= 0.3 is 6.09 Å². The van der Waals surface area contributed by atoms with Crippen LogP contribution in [0.4, 0.5) is 4.79 Å². The molecule has 2 N–H and O–H groups in total. The molecule has 0 aliphatic carbocycles. The van der Waals surface area contributed by atoms with Gasteiger partial charge in [0.2, 0.25) is 5.91 Å². The summed E-state index contributed by atoms with van der Waals surface area (Å²) in [4.78, 5) is 23.1. The van der Waals surface area contributed by atoms with Gasteiger partial charge in [-0.2, -0.15) is 0 Å². The van der Waals surface area contributed by atoms with Crippen molar-refractivity contribution >= 4 is 12.0 Å². The SMILES string of the molecule is CCOc1ccc(CC(=O)NCCNC(=O)OCC(C)C)cc1. The highest BCUT2D eigenvalue weighted by atomic mass is 16.5. The van der Waals surface area contributed by atoms with Crippen LogP contribution in [0.25, 0.3) is 0 Å². The molecule has 23 heavy (non-hydrogen) atoms. The number of hydrogen-bond acceptors (Lipinski definition) is 4. The Morgan fingerprint density at radius 2 is 1.74 bits per heavy atom. The van der Waals surface area contributed by atoms with E-state index in [0.29, 0.717) is 38.6 Å². The van der Waals surface area contributed by atoms with Gasteiger partial charge in [0, 0.05) is 13.1 Å². The summed E-state index contributed by atoms with van der Waals surface area (Å²) in [5.41, 5.74) is 0.912. The topological polar surface area (TPSA) is 76.7 Å². The first-order valence-electron chi connectivity index (χ1n) is 7.90. The van der Waals surface area contributed by atoms with E-state index in [4.69, 9.17) is 9.47 Å². The molecule has 0 aromatic heterocycles. The number of hydrogen-bond donors (Lipinski definition) is 2. The zero-order chi connectivity index (χ0) is 17.1. The summed E-state index contributed by atoms with van der Waals surface area (Å²) in [5, 5.41) is 5.34. The lowest BCUT2D eigenvalue weighted by Crippen LogP contribution is -2.35. The number of nitrogens with one attached hydrogen (secondary N) is 2. The number of carbonyl (C=O) groups is 2. The van der Waals surface area contributed by atoms with Crippen LogP contribution < -0.4 is 15.4 Å². The van der Waals surface area contributed by atoms with E-state index in [2.05, 4.69) is 10.6 Å². The fourth-order valence-corrected chi connectivity index (χ4v) is 1.78. The van der Waals surface area contributed by atoms with Crippen molar-refractivity contribution in [2.75, 3.05) is 26.3 Å². The van der Waals surface area contributed by atoms with Gasteiger partial charge < -0.3 is 20.1 Å². The molecule has 0 bridgehead atoms. The van der Waals surface area contributed by atoms with Crippen molar-refractivity contribution in [3.8, 4) is 5.75 Å². The first kappa shape index (κ1) is 18.8. The van der Waals surface area contributed by atoms with Crippen LogP contribution in [0.15, 0.2) is 24.3 Å². The molecule has 0 aliphatic rings. The predicted molar refractivity (Wildman–Crippen MR) is 88.5 cm³/mol. The maximum atomic E-state index is 11.8. The predicted octanol–water partition coefficient (Wildman–Crippen LogP) is 2.13. The Labute approximate surface area is 137 Å². The van der Waals surface area contributed by atoms with Crippen molar-refractivity contribution < 1.29 is 19.1 Å². The van der Waals surface area contributed by atoms with Crippen LogP contribution in [-0.2, 0) is 16.0 Å². The van der Waals surface area contributed by atoms with Gasteiger partial charge in [-0.3, -0.25) is 4.79 Å². The third kappa shape index (κ3) is 8.70. The Kier molecular flexibility index (Phi) is 8.57. The highest BCUT2D eigenvalue weighted by Gasteiger charge is 2.05. The molecular formula is C17H26N2O4. The van der Waals surface area contributed by atoms with E-state index in [1.807, 2.05) is 45.0 Å². The van der Waals surface area contributed by atoms with Crippen molar-refractivity contribution in [3.05, 3.63) is 29.8 Å². The van der Waals surface area contributed by atoms with Gasteiger partial charge in [-0.15, -0.1) is 0 Å². The second kappa shape index (κ2) is 10.5. The molecule has 0 radical (unpaired) electrons.